The lowest BCUT2D eigenvalue weighted by Gasteiger charge is -2.34. The molecular weight excluding hydrogens is 447 g/mol. The minimum Gasteiger partial charge on any atom is -0.356 e. The number of benzene rings is 2. The van der Waals surface area contributed by atoms with Crippen molar-refractivity contribution in [3.8, 4) is 0 Å². The van der Waals surface area contributed by atoms with Crippen LogP contribution in [-0.2, 0) is 28.9 Å². The molecule has 1 spiro atoms. The molecule has 1 atom stereocenters. The van der Waals surface area contributed by atoms with Gasteiger partial charge in [0.2, 0.25) is 5.91 Å². The first kappa shape index (κ1) is 23.5. The van der Waals surface area contributed by atoms with Crippen LogP contribution in [0.5, 0.6) is 0 Å². The molecule has 5 rings (SSSR count). The van der Waals surface area contributed by atoms with E-state index < -0.39 is 5.54 Å². The van der Waals surface area contributed by atoms with E-state index in [1.807, 2.05) is 18.2 Å². The Morgan fingerprint density at radius 2 is 1.77 bits per heavy atom. The molecule has 0 radical (unpaired) electrons. The third kappa shape index (κ3) is 4.80. The van der Waals surface area contributed by atoms with E-state index in [4.69, 9.17) is 0 Å². The summed E-state index contributed by atoms with van der Waals surface area (Å²) in [7, 11) is 0. The Bertz CT molecular complexity index is 1130. The van der Waals surface area contributed by atoms with Crippen LogP contribution in [0.25, 0.3) is 0 Å². The minimum absolute atomic E-state index is 0.0178. The largest absolute Gasteiger partial charge is 0.356 e. The Morgan fingerprint density at radius 1 is 1.06 bits per heavy atom. The van der Waals surface area contributed by atoms with Gasteiger partial charge in [-0.2, -0.15) is 0 Å². The number of piperidine rings is 1. The second kappa shape index (κ2) is 9.77. The first-order valence-corrected chi connectivity index (χ1v) is 12.4. The quantitative estimate of drug-likeness (QED) is 0.626. The van der Waals surface area contributed by atoms with Crippen LogP contribution in [0.15, 0.2) is 48.5 Å². The van der Waals surface area contributed by atoms with Gasteiger partial charge in [-0.3, -0.25) is 14.5 Å². The summed E-state index contributed by atoms with van der Waals surface area (Å²) in [6, 6.07) is 14.4. The average Bonchev–Trinajstić information content (AvgIpc) is 3.09. The number of halogens is 1. The highest BCUT2D eigenvalue weighted by Crippen LogP contribution is 2.34. The third-order valence-electron chi connectivity index (χ3n) is 7.63. The highest BCUT2D eigenvalue weighted by Gasteiger charge is 2.52. The molecule has 4 amide bonds. The molecule has 8 heteroatoms. The van der Waals surface area contributed by atoms with Gasteiger partial charge in [0.15, 0.2) is 0 Å². The topological polar surface area (TPSA) is 81.8 Å². The van der Waals surface area contributed by atoms with Crippen molar-refractivity contribution in [2.45, 2.75) is 44.1 Å². The van der Waals surface area contributed by atoms with Gasteiger partial charge in [-0.25, -0.2) is 14.1 Å². The molecule has 3 aliphatic rings. The molecule has 184 valence electrons. The van der Waals surface area contributed by atoms with Crippen molar-refractivity contribution in [2.75, 3.05) is 26.3 Å². The Kier molecular flexibility index (Phi) is 6.56. The predicted molar refractivity (Wildman–Crippen MR) is 129 cm³/mol. The predicted octanol–water partition coefficient (Wildman–Crippen LogP) is 2.63. The number of likely N-dealkylation sites (tertiary alicyclic amines) is 1. The molecule has 2 aliphatic heterocycles. The van der Waals surface area contributed by atoms with E-state index in [1.54, 1.807) is 18.2 Å². The summed E-state index contributed by atoms with van der Waals surface area (Å²) in [6.07, 6.45) is 3.68. The summed E-state index contributed by atoms with van der Waals surface area (Å²) >= 11 is 0. The maximum absolute atomic E-state index is 13.7. The molecule has 7 nitrogen and oxygen atoms in total. The molecule has 1 aliphatic carbocycles. The van der Waals surface area contributed by atoms with Crippen molar-refractivity contribution in [1.29, 1.82) is 0 Å². The van der Waals surface area contributed by atoms with Crippen molar-refractivity contribution in [1.82, 2.24) is 20.4 Å². The van der Waals surface area contributed by atoms with E-state index in [1.165, 1.54) is 16.5 Å². The molecule has 2 aromatic carbocycles. The Labute approximate surface area is 204 Å². The van der Waals surface area contributed by atoms with Crippen LogP contribution in [0.2, 0.25) is 0 Å². The molecule has 2 saturated heterocycles. The van der Waals surface area contributed by atoms with Gasteiger partial charge >= 0.3 is 6.03 Å². The number of carbonyl (C=O) groups excluding carboxylic acids is 3. The molecule has 2 fully saturated rings. The highest BCUT2D eigenvalue weighted by atomic mass is 19.1. The summed E-state index contributed by atoms with van der Waals surface area (Å²) in [5.41, 5.74) is 2.11. The highest BCUT2D eigenvalue weighted by molar-refractivity contribution is 6.07. The fraction of sp³-hybridized carbons (Fsp3) is 0.444. The van der Waals surface area contributed by atoms with E-state index in [9.17, 15) is 18.8 Å². The molecule has 35 heavy (non-hydrogen) atoms. The first-order chi connectivity index (χ1) is 16.9. The maximum Gasteiger partial charge on any atom is 0.326 e. The van der Waals surface area contributed by atoms with Crippen LogP contribution in [0.3, 0.4) is 0 Å². The number of imide groups is 1. The van der Waals surface area contributed by atoms with Gasteiger partial charge in [0.05, 0.1) is 6.67 Å². The Balaban J connectivity index is 1.10. The Morgan fingerprint density at radius 3 is 2.54 bits per heavy atom. The van der Waals surface area contributed by atoms with E-state index in [0.29, 0.717) is 57.3 Å². The van der Waals surface area contributed by atoms with Gasteiger partial charge in [0, 0.05) is 32.0 Å². The van der Waals surface area contributed by atoms with Crippen molar-refractivity contribution in [3.63, 3.8) is 0 Å². The van der Waals surface area contributed by atoms with E-state index in [2.05, 4.69) is 21.6 Å². The van der Waals surface area contributed by atoms with Gasteiger partial charge in [0.1, 0.15) is 11.4 Å². The van der Waals surface area contributed by atoms with Crippen LogP contribution in [0, 0.1) is 11.7 Å². The fourth-order valence-corrected chi connectivity index (χ4v) is 5.53. The summed E-state index contributed by atoms with van der Waals surface area (Å²) in [4.78, 5) is 42.1. The smallest absolute Gasteiger partial charge is 0.326 e. The SMILES string of the molecule is O=C(NCCc1ccccc1F)C1CCN(CN2C(=O)NC3(CCc4ccccc4C3)C2=O)CC1. The fourth-order valence-electron chi connectivity index (χ4n) is 5.53. The van der Waals surface area contributed by atoms with Gasteiger partial charge in [0.25, 0.3) is 5.91 Å². The van der Waals surface area contributed by atoms with Crippen LogP contribution in [0.1, 0.15) is 36.0 Å². The zero-order valence-corrected chi connectivity index (χ0v) is 19.8. The summed E-state index contributed by atoms with van der Waals surface area (Å²) in [6.45, 7) is 1.92. The number of hydrogen-bond acceptors (Lipinski definition) is 4. The van der Waals surface area contributed by atoms with Crippen molar-refractivity contribution < 1.29 is 18.8 Å². The number of hydrogen-bond donors (Lipinski definition) is 2. The number of fused-ring (bicyclic) bond motifs is 1. The molecule has 2 N–H and O–H groups in total. The summed E-state index contributed by atoms with van der Waals surface area (Å²) in [5.74, 6) is -0.535. The van der Waals surface area contributed by atoms with E-state index >= 15 is 0 Å². The zero-order valence-electron chi connectivity index (χ0n) is 19.8. The summed E-state index contributed by atoms with van der Waals surface area (Å²) < 4.78 is 13.7. The Hall–Kier alpha value is -3.26. The molecule has 2 heterocycles. The third-order valence-corrected chi connectivity index (χ3v) is 7.63. The maximum atomic E-state index is 13.7. The number of nitrogens with zero attached hydrogens (tertiary/aromatic N) is 2. The number of nitrogens with one attached hydrogen (secondary N) is 2. The lowest BCUT2D eigenvalue weighted by Crippen LogP contribution is -2.52. The number of amides is 4. The minimum atomic E-state index is -0.845. The standard InChI is InChI=1S/C27H31FN4O3/c28-23-8-4-3-6-20(23)10-14-29-24(33)21-11-15-31(16-12-21)18-32-25(34)27(30-26(32)35)13-9-19-5-1-2-7-22(19)17-27/h1-8,21H,9-18H2,(H,29,33)(H,30,35). The number of urea groups is 1. The van der Waals surface area contributed by atoms with Gasteiger partial charge in [-0.15, -0.1) is 0 Å². The van der Waals surface area contributed by atoms with Gasteiger partial charge < -0.3 is 10.6 Å². The monoisotopic (exact) mass is 478 g/mol. The molecule has 0 bridgehead atoms. The van der Waals surface area contributed by atoms with Crippen molar-refractivity contribution in [2.24, 2.45) is 5.92 Å². The first-order valence-electron chi connectivity index (χ1n) is 12.4. The van der Waals surface area contributed by atoms with Gasteiger partial charge in [-0.05, 0) is 54.9 Å². The van der Waals surface area contributed by atoms with Crippen LogP contribution in [0.4, 0.5) is 9.18 Å². The second-order valence-corrected chi connectivity index (χ2v) is 9.86. The molecule has 0 saturated carbocycles. The lowest BCUT2D eigenvalue weighted by molar-refractivity contribution is -0.134. The normalized spacial score (nSPS) is 22.8. The molecule has 2 aromatic rings. The molecular formula is C27H31FN4O3. The number of aryl methyl sites for hydroxylation is 1. The van der Waals surface area contributed by atoms with Crippen molar-refractivity contribution >= 4 is 17.8 Å². The van der Waals surface area contributed by atoms with Crippen LogP contribution < -0.4 is 10.6 Å². The number of carbonyl (C=O) groups is 3. The van der Waals surface area contributed by atoms with Crippen LogP contribution in [-0.4, -0.2) is 59.5 Å². The molecule has 1 unspecified atom stereocenters. The van der Waals surface area contributed by atoms with E-state index in [0.717, 1.165) is 12.0 Å². The zero-order chi connectivity index (χ0) is 24.4. The lowest BCUT2D eigenvalue weighted by atomic mass is 9.78. The summed E-state index contributed by atoms with van der Waals surface area (Å²) in [5, 5.41) is 5.91. The average molecular weight is 479 g/mol. The van der Waals surface area contributed by atoms with E-state index in [-0.39, 0.29) is 36.2 Å². The van der Waals surface area contributed by atoms with Crippen LogP contribution >= 0.6 is 0 Å². The van der Waals surface area contributed by atoms with Gasteiger partial charge in [-0.1, -0.05) is 42.5 Å². The molecule has 0 aromatic heterocycles. The van der Waals surface area contributed by atoms with Crippen molar-refractivity contribution in [3.05, 3.63) is 71.0 Å². The second-order valence-electron chi connectivity index (χ2n) is 9.86. The number of rotatable bonds is 6.